The summed E-state index contributed by atoms with van der Waals surface area (Å²) in [7, 11) is 1.78. The monoisotopic (exact) mass is 215 g/mol. The molecule has 82 valence electrons. The molecule has 4 heteroatoms. The number of hydrogen-bond donors (Lipinski definition) is 1. The number of benzene rings is 1. The molecule has 4 nitrogen and oxygen atoms in total. The van der Waals surface area contributed by atoms with Gasteiger partial charge in [0.15, 0.2) is 0 Å². The van der Waals surface area contributed by atoms with Crippen LogP contribution in [0.4, 0.5) is 6.01 Å². The van der Waals surface area contributed by atoms with Crippen molar-refractivity contribution in [2.75, 3.05) is 12.4 Å². The third-order valence-corrected chi connectivity index (χ3v) is 3.12. The molecule has 2 aromatic rings. The third-order valence-electron chi connectivity index (χ3n) is 3.12. The largest absolute Gasteiger partial charge is 0.407 e. The highest BCUT2D eigenvalue weighted by molar-refractivity contribution is 5.38. The minimum atomic E-state index is -0.0244. The van der Waals surface area contributed by atoms with Crippen molar-refractivity contribution in [1.29, 1.82) is 0 Å². The van der Waals surface area contributed by atoms with E-state index >= 15 is 0 Å². The van der Waals surface area contributed by atoms with Crippen LogP contribution in [-0.4, -0.2) is 17.2 Å². The lowest BCUT2D eigenvalue weighted by atomic mass is 9.96. The van der Waals surface area contributed by atoms with Crippen molar-refractivity contribution in [1.82, 2.24) is 10.2 Å². The van der Waals surface area contributed by atoms with E-state index in [1.807, 2.05) is 18.2 Å². The van der Waals surface area contributed by atoms with E-state index < -0.39 is 0 Å². The molecule has 1 aromatic heterocycles. The number of anilines is 1. The van der Waals surface area contributed by atoms with Crippen molar-refractivity contribution in [3.63, 3.8) is 0 Å². The predicted octanol–water partition coefficient (Wildman–Crippen LogP) is 2.19. The maximum atomic E-state index is 5.58. The van der Waals surface area contributed by atoms with Crippen LogP contribution in [0.1, 0.15) is 24.3 Å². The molecular formula is C12H13N3O. The van der Waals surface area contributed by atoms with Gasteiger partial charge < -0.3 is 9.73 Å². The summed E-state index contributed by atoms with van der Waals surface area (Å²) in [6, 6.07) is 10.8. The summed E-state index contributed by atoms with van der Waals surface area (Å²) in [5, 5.41) is 10.9. The van der Waals surface area contributed by atoms with Crippen LogP contribution in [0.3, 0.4) is 0 Å². The Morgan fingerprint density at radius 2 is 1.94 bits per heavy atom. The zero-order valence-corrected chi connectivity index (χ0v) is 9.10. The van der Waals surface area contributed by atoms with Gasteiger partial charge in [-0.3, -0.25) is 0 Å². The summed E-state index contributed by atoms with van der Waals surface area (Å²) in [5.74, 6) is 0.725. The van der Waals surface area contributed by atoms with Crippen LogP contribution in [0.25, 0.3) is 0 Å². The molecule has 3 rings (SSSR count). The average molecular weight is 215 g/mol. The van der Waals surface area contributed by atoms with E-state index in [0.717, 1.165) is 18.7 Å². The van der Waals surface area contributed by atoms with Crippen molar-refractivity contribution >= 4 is 6.01 Å². The molecule has 0 amide bonds. The zero-order chi connectivity index (χ0) is 11.0. The average Bonchev–Trinajstić information content (AvgIpc) is 3.02. The Balaban J connectivity index is 2.00. The summed E-state index contributed by atoms with van der Waals surface area (Å²) in [4.78, 5) is 0. The topological polar surface area (TPSA) is 51.0 Å². The lowest BCUT2D eigenvalue weighted by Gasteiger charge is -2.09. The number of nitrogens with one attached hydrogen (secondary N) is 1. The van der Waals surface area contributed by atoms with E-state index in [9.17, 15) is 0 Å². The number of nitrogens with zero attached hydrogens (tertiary/aromatic N) is 2. The Labute approximate surface area is 93.7 Å². The molecule has 0 radical (unpaired) electrons. The van der Waals surface area contributed by atoms with E-state index in [4.69, 9.17) is 4.42 Å². The Morgan fingerprint density at radius 1 is 1.19 bits per heavy atom. The highest BCUT2D eigenvalue weighted by Gasteiger charge is 2.50. The van der Waals surface area contributed by atoms with Crippen molar-refractivity contribution in [3.05, 3.63) is 41.8 Å². The molecule has 1 N–H and O–H groups in total. The minimum absolute atomic E-state index is 0.0244. The molecule has 1 aromatic carbocycles. The van der Waals surface area contributed by atoms with Crippen LogP contribution >= 0.6 is 0 Å². The second-order valence-electron chi connectivity index (χ2n) is 4.11. The van der Waals surface area contributed by atoms with E-state index in [0.29, 0.717) is 6.01 Å². The fourth-order valence-corrected chi connectivity index (χ4v) is 2.03. The van der Waals surface area contributed by atoms with Gasteiger partial charge in [0.2, 0.25) is 5.89 Å². The van der Waals surface area contributed by atoms with Crippen molar-refractivity contribution in [3.8, 4) is 0 Å². The summed E-state index contributed by atoms with van der Waals surface area (Å²) in [6.45, 7) is 0. The number of aromatic nitrogens is 2. The molecule has 0 bridgehead atoms. The number of hydrogen-bond acceptors (Lipinski definition) is 4. The van der Waals surface area contributed by atoms with Gasteiger partial charge in [-0.1, -0.05) is 35.4 Å². The van der Waals surface area contributed by atoms with Crippen molar-refractivity contribution in [2.24, 2.45) is 0 Å². The van der Waals surface area contributed by atoms with Gasteiger partial charge >= 0.3 is 6.01 Å². The smallest absolute Gasteiger partial charge is 0.315 e. The predicted molar refractivity (Wildman–Crippen MR) is 60.3 cm³/mol. The first-order valence-electron chi connectivity index (χ1n) is 5.42. The number of rotatable bonds is 3. The molecule has 1 heterocycles. The zero-order valence-electron chi connectivity index (χ0n) is 9.10. The summed E-state index contributed by atoms with van der Waals surface area (Å²) in [6.07, 6.45) is 2.17. The van der Waals surface area contributed by atoms with Crippen LogP contribution < -0.4 is 5.32 Å². The third kappa shape index (κ3) is 1.30. The summed E-state index contributed by atoms with van der Waals surface area (Å²) in [5.41, 5.74) is 1.24. The fourth-order valence-electron chi connectivity index (χ4n) is 2.03. The van der Waals surface area contributed by atoms with Gasteiger partial charge in [-0.25, -0.2) is 0 Å². The van der Waals surface area contributed by atoms with Gasteiger partial charge in [-0.15, -0.1) is 5.10 Å². The first kappa shape index (κ1) is 9.39. The van der Waals surface area contributed by atoms with Crippen LogP contribution in [0.2, 0.25) is 0 Å². The standard InChI is InChI=1S/C12H13N3O/c1-13-11-15-14-10(16-11)12(7-8-12)9-5-3-2-4-6-9/h2-6H,7-8H2,1H3,(H,13,15). The molecule has 16 heavy (non-hydrogen) atoms. The molecule has 1 aliphatic rings. The quantitative estimate of drug-likeness (QED) is 0.852. The molecule has 1 fully saturated rings. The SMILES string of the molecule is CNc1nnc(C2(c3ccccc3)CC2)o1. The highest BCUT2D eigenvalue weighted by atomic mass is 16.4. The molecule has 0 spiro atoms. The summed E-state index contributed by atoms with van der Waals surface area (Å²) < 4.78 is 5.58. The highest BCUT2D eigenvalue weighted by Crippen LogP contribution is 2.52. The van der Waals surface area contributed by atoms with Crippen molar-refractivity contribution in [2.45, 2.75) is 18.3 Å². The van der Waals surface area contributed by atoms with Gasteiger partial charge in [0, 0.05) is 7.05 Å². The molecule has 1 aliphatic carbocycles. The molecule has 0 aliphatic heterocycles. The molecule has 0 unspecified atom stereocenters. The lowest BCUT2D eigenvalue weighted by Crippen LogP contribution is -2.08. The van der Waals surface area contributed by atoms with Crippen LogP contribution in [0, 0.1) is 0 Å². The van der Waals surface area contributed by atoms with Gasteiger partial charge in [-0.2, -0.15) is 0 Å². The van der Waals surface area contributed by atoms with Gasteiger partial charge in [-0.05, 0) is 18.4 Å². The maximum absolute atomic E-state index is 5.58. The maximum Gasteiger partial charge on any atom is 0.315 e. The molecule has 1 saturated carbocycles. The Bertz CT molecular complexity index is 488. The van der Waals surface area contributed by atoms with E-state index in [-0.39, 0.29) is 5.41 Å². The van der Waals surface area contributed by atoms with Crippen LogP contribution in [0.15, 0.2) is 34.7 Å². The second-order valence-corrected chi connectivity index (χ2v) is 4.11. The van der Waals surface area contributed by atoms with E-state index in [1.54, 1.807) is 7.05 Å². The van der Waals surface area contributed by atoms with E-state index in [2.05, 4.69) is 27.6 Å². The first-order chi connectivity index (χ1) is 7.85. The van der Waals surface area contributed by atoms with Crippen LogP contribution in [-0.2, 0) is 5.41 Å². The summed E-state index contributed by atoms with van der Waals surface area (Å²) >= 11 is 0. The fraction of sp³-hybridized carbons (Fsp3) is 0.333. The normalized spacial score (nSPS) is 17.1. The molecule has 0 atom stereocenters. The Hall–Kier alpha value is -1.84. The lowest BCUT2D eigenvalue weighted by molar-refractivity contribution is 0.473. The second kappa shape index (κ2) is 3.33. The Kier molecular flexibility index (Phi) is 1.96. The van der Waals surface area contributed by atoms with Crippen molar-refractivity contribution < 1.29 is 4.42 Å². The minimum Gasteiger partial charge on any atom is -0.407 e. The molecular weight excluding hydrogens is 202 g/mol. The van der Waals surface area contributed by atoms with Gasteiger partial charge in [0.1, 0.15) is 0 Å². The Morgan fingerprint density at radius 3 is 2.50 bits per heavy atom. The molecule has 0 saturated heterocycles. The van der Waals surface area contributed by atoms with Crippen LogP contribution in [0.5, 0.6) is 0 Å². The van der Waals surface area contributed by atoms with E-state index in [1.165, 1.54) is 5.56 Å². The van der Waals surface area contributed by atoms with Gasteiger partial charge in [0.25, 0.3) is 0 Å². The first-order valence-corrected chi connectivity index (χ1v) is 5.42. The van der Waals surface area contributed by atoms with Gasteiger partial charge in [0.05, 0.1) is 5.41 Å².